The van der Waals surface area contributed by atoms with Crippen LogP contribution in [0.25, 0.3) is 0 Å². The normalized spacial score (nSPS) is 21.0. The summed E-state index contributed by atoms with van der Waals surface area (Å²) in [6.45, 7) is 5.88. The van der Waals surface area contributed by atoms with E-state index in [-0.39, 0.29) is 18.4 Å². The van der Waals surface area contributed by atoms with Crippen LogP contribution in [-0.2, 0) is 14.3 Å². The zero-order valence-electron chi connectivity index (χ0n) is 20.5. The molecule has 6 nitrogen and oxygen atoms in total. The van der Waals surface area contributed by atoms with Gasteiger partial charge in [-0.1, -0.05) is 84.4 Å². The van der Waals surface area contributed by atoms with Crippen LogP contribution in [0, 0.1) is 12.8 Å². The van der Waals surface area contributed by atoms with E-state index in [0.717, 1.165) is 16.7 Å². The van der Waals surface area contributed by atoms with Gasteiger partial charge in [-0.3, -0.25) is 14.4 Å². The van der Waals surface area contributed by atoms with Crippen LogP contribution in [0.3, 0.4) is 0 Å². The van der Waals surface area contributed by atoms with E-state index < -0.39 is 29.9 Å². The van der Waals surface area contributed by atoms with Crippen LogP contribution in [0.2, 0.25) is 0 Å². The fourth-order valence-electron chi connectivity index (χ4n) is 5.07. The summed E-state index contributed by atoms with van der Waals surface area (Å²) in [5.74, 6) is -2.57. The Morgan fingerprint density at radius 2 is 1.50 bits per heavy atom. The number of nitrogens with zero attached hydrogens (tertiary/aromatic N) is 1. The van der Waals surface area contributed by atoms with Gasteiger partial charge in [0.2, 0.25) is 5.91 Å². The Labute approximate surface area is 211 Å². The van der Waals surface area contributed by atoms with Crippen LogP contribution in [0.5, 0.6) is 0 Å². The van der Waals surface area contributed by atoms with Crippen LogP contribution < -0.4 is 5.32 Å². The number of esters is 1. The number of likely N-dealkylation sites (tertiary alicyclic amines) is 1. The maximum atomic E-state index is 14.1. The molecule has 36 heavy (non-hydrogen) atoms. The van der Waals surface area contributed by atoms with Crippen molar-refractivity contribution in [2.75, 3.05) is 13.7 Å². The third kappa shape index (κ3) is 4.80. The predicted molar refractivity (Wildman–Crippen MR) is 138 cm³/mol. The van der Waals surface area contributed by atoms with Gasteiger partial charge in [-0.25, -0.2) is 0 Å². The molecule has 0 spiro atoms. The minimum Gasteiger partial charge on any atom is -0.469 e. The predicted octanol–water partition coefficient (Wildman–Crippen LogP) is 4.44. The molecule has 0 bridgehead atoms. The van der Waals surface area contributed by atoms with Crippen LogP contribution in [0.1, 0.15) is 39.0 Å². The van der Waals surface area contributed by atoms with Gasteiger partial charge in [0.05, 0.1) is 19.1 Å². The summed E-state index contributed by atoms with van der Waals surface area (Å²) >= 11 is 0. The second-order valence-corrected chi connectivity index (χ2v) is 8.90. The quantitative estimate of drug-likeness (QED) is 0.399. The number of rotatable bonds is 7. The Morgan fingerprint density at radius 1 is 0.917 bits per heavy atom. The number of nitrogens with one attached hydrogen (secondary N) is 1. The van der Waals surface area contributed by atoms with Crippen molar-refractivity contribution in [3.63, 3.8) is 0 Å². The summed E-state index contributed by atoms with van der Waals surface area (Å²) in [7, 11) is 1.34. The second-order valence-electron chi connectivity index (χ2n) is 8.90. The summed E-state index contributed by atoms with van der Waals surface area (Å²) in [5.41, 5.74) is 3.00. The number of ether oxygens (including phenoxy) is 1. The number of amides is 2. The van der Waals surface area contributed by atoms with Gasteiger partial charge in [-0.2, -0.15) is 0 Å². The maximum Gasteiger partial charge on any atom is 0.311 e. The molecule has 0 saturated carbocycles. The topological polar surface area (TPSA) is 75.7 Å². The Kier molecular flexibility index (Phi) is 7.64. The molecular formula is C30H30N2O4. The second kappa shape index (κ2) is 11.0. The van der Waals surface area contributed by atoms with Crippen molar-refractivity contribution in [2.24, 2.45) is 5.92 Å². The van der Waals surface area contributed by atoms with Gasteiger partial charge in [0, 0.05) is 18.0 Å². The van der Waals surface area contributed by atoms with Crippen molar-refractivity contribution < 1.29 is 19.1 Å². The van der Waals surface area contributed by atoms with Gasteiger partial charge < -0.3 is 15.0 Å². The number of carbonyl (C=O) groups is 3. The van der Waals surface area contributed by atoms with Crippen molar-refractivity contribution in [1.82, 2.24) is 10.2 Å². The maximum absolute atomic E-state index is 14.1. The van der Waals surface area contributed by atoms with Gasteiger partial charge in [0.15, 0.2) is 0 Å². The SMILES string of the molecule is C=CCNC(=O)C1C(c2ccccc2)C(C(=O)OC)C(c2ccccc2)N1C(=O)c1ccc(C)cc1. The molecule has 1 heterocycles. The van der Waals surface area contributed by atoms with Crippen molar-refractivity contribution in [3.05, 3.63) is 120 Å². The first kappa shape index (κ1) is 24.9. The molecule has 0 aromatic heterocycles. The number of methoxy groups -OCH3 is 1. The lowest BCUT2D eigenvalue weighted by Gasteiger charge is -2.31. The molecule has 0 radical (unpaired) electrons. The van der Waals surface area contributed by atoms with Gasteiger partial charge >= 0.3 is 5.97 Å². The van der Waals surface area contributed by atoms with Crippen LogP contribution in [0.15, 0.2) is 97.6 Å². The van der Waals surface area contributed by atoms with Crippen LogP contribution in [0.4, 0.5) is 0 Å². The van der Waals surface area contributed by atoms with Gasteiger partial charge in [-0.15, -0.1) is 6.58 Å². The molecule has 1 fully saturated rings. The highest BCUT2D eigenvalue weighted by atomic mass is 16.5. The Morgan fingerprint density at radius 3 is 2.06 bits per heavy atom. The number of benzene rings is 3. The summed E-state index contributed by atoms with van der Waals surface area (Å²) in [4.78, 5) is 42.8. The summed E-state index contributed by atoms with van der Waals surface area (Å²) in [5, 5.41) is 2.87. The summed E-state index contributed by atoms with van der Waals surface area (Å²) < 4.78 is 5.27. The van der Waals surface area contributed by atoms with E-state index in [2.05, 4.69) is 11.9 Å². The van der Waals surface area contributed by atoms with E-state index in [1.54, 1.807) is 23.1 Å². The lowest BCUT2D eigenvalue weighted by atomic mass is 9.80. The lowest BCUT2D eigenvalue weighted by molar-refractivity contribution is -0.146. The fraction of sp³-hybridized carbons (Fsp3) is 0.233. The molecule has 0 aliphatic carbocycles. The molecule has 1 aliphatic heterocycles. The molecule has 1 N–H and O–H groups in total. The number of hydrogen-bond acceptors (Lipinski definition) is 4. The summed E-state index contributed by atoms with van der Waals surface area (Å²) in [6.07, 6.45) is 1.59. The zero-order valence-corrected chi connectivity index (χ0v) is 20.5. The molecule has 1 saturated heterocycles. The molecule has 1 aliphatic rings. The average Bonchev–Trinajstić information content (AvgIpc) is 3.28. The number of aryl methyl sites for hydroxylation is 1. The monoisotopic (exact) mass is 482 g/mol. The molecule has 3 aromatic carbocycles. The van der Waals surface area contributed by atoms with Crippen molar-refractivity contribution >= 4 is 17.8 Å². The molecule has 2 amide bonds. The lowest BCUT2D eigenvalue weighted by Crippen LogP contribution is -2.48. The smallest absolute Gasteiger partial charge is 0.311 e. The fourth-order valence-corrected chi connectivity index (χ4v) is 5.07. The highest BCUT2D eigenvalue weighted by molar-refractivity contribution is 6.00. The molecule has 6 heteroatoms. The van der Waals surface area contributed by atoms with Gasteiger partial charge in [-0.05, 0) is 30.2 Å². The summed E-state index contributed by atoms with van der Waals surface area (Å²) in [6, 6.07) is 24.3. The van der Waals surface area contributed by atoms with Crippen LogP contribution in [-0.4, -0.2) is 42.4 Å². The van der Waals surface area contributed by atoms with E-state index in [0.29, 0.717) is 5.56 Å². The van der Waals surface area contributed by atoms with Crippen molar-refractivity contribution in [1.29, 1.82) is 0 Å². The largest absolute Gasteiger partial charge is 0.469 e. The Balaban J connectivity index is 1.96. The number of hydrogen-bond donors (Lipinski definition) is 1. The number of carbonyl (C=O) groups excluding carboxylic acids is 3. The van der Waals surface area contributed by atoms with E-state index in [4.69, 9.17) is 4.74 Å². The molecule has 3 aromatic rings. The first-order valence-electron chi connectivity index (χ1n) is 11.9. The van der Waals surface area contributed by atoms with Gasteiger partial charge in [0.1, 0.15) is 6.04 Å². The van der Waals surface area contributed by atoms with E-state index >= 15 is 0 Å². The molecule has 184 valence electrons. The van der Waals surface area contributed by atoms with E-state index in [1.165, 1.54) is 7.11 Å². The minimum atomic E-state index is -0.949. The Hall–Kier alpha value is -4.19. The van der Waals surface area contributed by atoms with Crippen molar-refractivity contribution in [3.8, 4) is 0 Å². The first-order chi connectivity index (χ1) is 17.5. The first-order valence-corrected chi connectivity index (χ1v) is 11.9. The highest BCUT2D eigenvalue weighted by Crippen LogP contribution is 2.51. The molecule has 4 atom stereocenters. The standard InChI is InChI=1S/C30H30N2O4/c1-4-19-31-28(33)27-24(21-11-7-5-8-12-21)25(30(35)36-3)26(22-13-9-6-10-14-22)32(27)29(34)23-17-15-20(2)16-18-23/h4-18,24-27H,1,19H2,2-3H3,(H,31,33). The molecule has 4 rings (SSSR count). The minimum absolute atomic E-state index is 0.238. The third-order valence-corrected chi connectivity index (χ3v) is 6.69. The third-order valence-electron chi connectivity index (χ3n) is 6.69. The molecule has 4 unspecified atom stereocenters. The Bertz CT molecular complexity index is 1220. The van der Waals surface area contributed by atoms with E-state index in [1.807, 2.05) is 79.7 Å². The average molecular weight is 483 g/mol. The zero-order chi connectivity index (χ0) is 25.7. The van der Waals surface area contributed by atoms with Gasteiger partial charge in [0.25, 0.3) is 5.91 Å². The van der Waals surface area contributed by atoms with E-state index in [9.17, 15) is 14.4 Å². The van der Waals surface area contributed by atoms with Crippen LogP contribution >= 0.6 is 0 Å². The highest BCUT2D eigenvalue weighted by Gasteiger charge is 2.58. The molecular weight excluding hydrogens is 452 g/mol. The van der Waals surface area contributed by atoms with Crippen molar-refractivity contribution in [2.45, 2.75) is 24.9 Å².